The van der Waals surface area contributed by atoms with E-state index in [2.05, 4.69) is 32.8 Å². The first-order valence-corrected chi connectivity index (χ1v) is 5.24. The van der Waals surface area contributed by atoms with Crippen LogP contribution in [-0.4, -0.2) is 20.0 Å². The van der Waals surface area contributed by atoms with Gasteiger partial charge in [-0.25, -0.2) is 0 Å². The summed E-state index contributed by atoms with van der Waals surface area (Å²) in [5, 5.41) is 0. The Kier molecular flexibility index (Phi) is 7.11. The van der Waals surface area contributed by atoms with Crippen molar-refractivity contribution in [3.63, 3.8) is 0 Å². The third-order valence-electron chi connectivity index (χ3n) is 2.25. The Morgan fingerprint density at radius 2 is 2.00 bits per heavy atom. The molecule has 0 aromatic rings. The molecular formula is C13H22O2. The van der Waals surface area contributed by atoms with Crippen LogP contribution in [0.25, 0.3) is 0 Å². The topological polar surface area (TPSA) is 18.5 Å². The molecule has 3 atom stereocenters. The Balaban J connectivity index is 4.48. The van der Waals surface area contributed by atoms with Crippen molar-refractivity contribution < 1.29 is 9.47 Å². The van der Waals surface area contributed by atoms with E-state index >= 15 is 0 Å². The van der Waals surface area contributed by atoms with Crippen molar-refractivity contribution in [2.45, 2.75) is 33.8 Å². The van der Waals surface area contributed by atoms with E-state index in [1.807, 2.05) is 6.92 Å². The minimum absolute atomic E-state index is 0.0184. The molecule has 0 rings (SSSR count). The molecule has 0 aliphatic carbocycles. The van der Waals surface area contributed by atoms with Crippen molar-refractivity contribution in [3.05, 3.63) is 11.6 Å². The Morgan fingerprint density at radius 1 is 1.40 bits per heavy atom. The van der Waals surface area contributed by atoms with Crippen LogP contribution in [0.2, 0.25) is 0 Å². The van der Waals surface area contributed by atoms with Gasteiger partial charge in [-0.1, -0.05) is 18.6 Å². The molecule has 0 N–H and O–H groups in total. The molecule has 0 aliphatic rings. The third kappa shape index (κ3) is 5.61. The molecule has 0 saturated carbocycles. The fourth-order valence-corrected chi connectivity index (χ4v) is 1.61. The maximum absolute atomic E-state index is 5.60. The molecule has 0 bridgehead atoms. The van der Waals surface area contributed by atoms with Gasteiger partial charge in [-0.05, 0) is 20.8 Å². The summed E-state index contributed by atoms with van der Waals surface area (Å²) in [5.74, 6) is 3.11. The molecule has 0 aromatic carbocycles. The van der Waals surface area contributed by atoms with Crippen LogP contribution in [0.3, 0.4) is 0 Å². The molecule has 0 heterocycles. The maximum Gasteiger partial charge on any atom is 0.146 e. The van der Waals surface area contributed by atoms with Gasteiger partial charge in [-0.2, -0.15) is 0 Å². The van der Waals surface area contributed by atoms with E-state index in [0.29, 0.717) is 5.92 Å². The number of hydrogen-bond donors (Lipinski definition) is 0. The second-order valence-electron chi connectivity index (χ2n) is 4.10. The van der Waals surface area contributed by atoms with Crippen LogP contribution < -0.4 is 0 Å². The molecule has 0 radical (unpaired) electrons. The highest BCUT2D eigenvalue weighted by Crippen LogP contribution is 2.19. The van der Waals surface area contributed by atoms with Crippen molar-refractivity contribution >= 4 is 0 Å². The zero-order valence-corrected chi connectivity index (χ0v) is 10.4. The molecule has 0 saturated heterocycles. The van der Waals surface area contributed by atoms with E-state index in [4.69, 9.17) is 15.9 Å². The molecule has 0 amide bonds. The average molecular weight is 210 g/mol. The summed E-state index contributed by atoms with van der Waals surface area (Å²) in [6, 6.07) is 0. The lowest BCUT2D eigenvalue weighted by atomic mass is 9.92. The van der Waals surface area contributed by atoms with E-state index < -0.39 is 0 Å². The van der Waals surface area contributed by atoms with Crippen LogP contribution in [0.1, 0.15) is 27.7 Å². The Bertz CT molecular complexity index is 233. The van der Waals surface area contributed by atoms with Gasteiger partial charge in [0.2, 0.25) is 0 Å². The highest BCUT2D eigenvalue weighted by molar-refractivity contribution is 5.03. The van der Waals surface area contributed by atoms with Gasteiger partial charge in [0.25, 0.3) is 0 Å². The second-order valence-corrected chi connectivity index (χ2v) is 4.10. The molecule has 2 heteroatoms. The van der Waals surface area contributed by atoms with Crippen molar-refractivity contribution in [1.29, 1.82) is 0 Å². The number of rotatable bonds is 6. The summed E-state index contributed by atoms with van der Waals surface area (Å²) in [6.07, 6.45) is 7.61. The fraction of sp³-hybridized carbons (Fsp3) is 0.692. The summed E-state index contributed by atoms with van der Waals surface area (Å²) in [6.45, 7) is 8.54. The monoisotopic (exact) mass is 210 g/mol. The van der Waals surface area contributed by atoms with Gasteiger partial charge < -0.3 is 9.47 Å². The van der Waals surface area contributed by atoms with Gasteiger partial charge in [0, 0.05) is 18.9 Å². The number of terminal acetylenes is 1. The van der Waals surface area contributed by atoms with Gasteiger partial charge in [0.05, 0.1) is 6.10 Å². The van der Waals surface area contributed by atoms with Crippen LogP contribution in [0.4, 0.5) is 0 Å². The summed E-state index contributed by atoms with van der Waals surface area (Å²) in [5.41, 5.74) is 1.28. The Hall–Kier alpha value is -0.780. The molecule has 0 spiro atoms. The molecule has 0 aromatic heterocycles. The van der Waals surface area contributed by atoms with Crippen LogP contribution >= 0.6 is 0 Å². The average Bonchev–Trinajstić information content (AvgIpc) is 2.16. The van der Waals surface area contributed by atoms with Crippen LogP contribution in [0, 0.1) is 24.2 Å². The summed E-state index contributed by atoms with van der Waals surface area (Å²) in [7, 11) is 1.61. The predicted octanol–water partition coefficient (Wildman–Crippen LogP) is 2.85. The predicted molar refractivity (Wildman–Crippen MR) is 63.3 cm³/mol. The first-order chi connectivity index (χ1) is 7.02. The maximum atomic E-state index is 5.60. The van der Waals surface area contributed by atoms with Crippen LogP contribution in [-0.2, 0) is 9.47 Å². The van der Waals surface area contributed by atoms with Gasteiger partial charge in [0.15, 0.2) is 0 Å². The van der Waals surface area contributed by atoms with E-state index in [-0.39, 0.29) is 18.8 Å². The smallest absolute Gasteiger partial charge is 0.146 e. The number of allylic oxidation sites excluding steroid dienone is 1. The summed E-state index contributed by atoms with van der Waals surface area (Å²) >= 11 is 0. The summed E-state index contributed by atoms with van der Waals surface area (Å²) in [4.78, 5) is 0. The van der Waals surface area contributed by atoms with Crippen molar-refractivity contribution in [2.75, 3.05) is 13.9 Å². The Labute approximate surface area is 93.7 Å². The largest absolute Gasteiger partial charge is 0.359 e. The highest BCUT2D eigenvalue weighted by atomic mass is 16.7. The SMILES string of the molecule is C#CC(C)[C@H](OCOC)[C@@H](C)C=C(C)C. The van der Waals surface area contributed by atoms with E-state index in [0.717, 1.165) is 0 Å². The molecule has 1 unspecified atom stereocenters. The number of hydrogen-bond acceptors (Lipinski definition) is 2. The highest BCUT2D eigenvalue weighted by Gasteiger charge is 2.21. The van der Waals surface area contributed by atoms with Gasteiger partial charge in [-0.3, -0.25) is 0 Å². The van der Waals surface area contributed by atoms with Crippen molar-refractivity contribution in [2.24, 2.45) is 11.8 Å². The van der Waals surface area contributed by atoms with E-state index in [1.165, 1.54) is 5.57 Å². The summed E-state index contributed by atoms with van der Waals surface area (Å²) < 4.78 is 10.5. The molecule has 2 nitrogen and oxygen atoms in total. The van der Waals surface area contributed by atoms with Crippen molar-refractivity contribution in [3.8, 4) is 12.3 Å². The first kappa shape index (κ1) is 14.2. The minimum atomic E-state index is 0.0184. The first-order valence-electron chi connectivity index (χ1n) is 5.24. The van der Waals surface area contributed by atoms with E-state index in [1.54, 1.807) is 7.11 Å². The normalized spacial score (nSPS) is 16.3. The van der Waals surface area contributed by atoms with Crippen molar-refractivity contribution in [1.82, 2.24) is 0 Å². The molecule has 0 fully saturated rings. The van der Waals surface area contributed by atoms with Gasteiger partial charge >= 0.3 is 0 Å². The molecule has 15 heavy (non-hydrogen) atoms. The second kappa shape index (κ2) is 7.50. The van der Waals surface area contributed by atoms with Gasteiger partial charge in [0.1, 0.15) is 6.79 Å². The van der Waals surface area contributed by atoms with Gasteiger partial charge in [-0.15, -0.1) is 12.3 Å². The minimum Gasteiger partial charge on any atom is -0.359 e. The lowest BCUT2D eigenvalue weighted by molar-refractivity contribution is -0.0936. The number of ether oxygens (including phenoxy) is 2. The molecule has 86 valence electrons. The zero-order valence-electron chi connectivity index (χ0n) is 10.4. The van der Waals surface area contributed by atoms with Crippen LogP contribution in [0.15, 0.2) is 11.6 Å². The molecular weight excluding hydrogens is 188 g/mol. The number of methoxy groups -OCH3 is 1. The van der Waals surface area contributed by atoms with E-state index in [9.17, 15) is 0 Å². The lowest BCUT2D eigenvalue weighted by Gasteiger charge is -2.25. The Morgan fingerprint density at radius 3 is 2.40 bits per heavy atom. The molecule has 0 aliphatic heterocycles. The zero-order chi connectivity index (χ0) is 11.8. The quantitative estimate of drug-likeness (QED) is 0.381. The third-order valence-corrected chi connectivity index (χ3v) is 2.25. The lowest BCUT2D eigenvalue weighted by Crippen LogP contribution is -2.28. The fourth-order valence-electron chi connectivity index (χ4n) is 1.61. The standard InChI is InChI=1S/C13H22O2/c1-7-11(4)13(15-9-14-6)12(5)8-10(2)3/h1,8,11-13H,9H2,2-6H3/t11?,12-,13-/m0/s1. The van der Waals surface area contributed by atoms with Crippen LogP contribution in [0.5, 0.6) is 0 Å².